The SMILES string of the molecule is CC(=O)N1CC(C)(C(=O)NC2=NNNN2)c2ccccc21.[HH].[HH]. The van der Waals surface area contributed by atoms with Gasteiger partial charge in [0.15, 0.2) is 0 Å². The number of carbonyl (C=O) groups is 2. The number of hydrazone groups is 1. The second-order valence-electron chi connectivity index (χ2n) is 5.23. The third-order valence-corrected chi connectivity index (χ3v) is 3.78. The summed E-state index contributed by atoms with van der Waals surface area (Å²) < 4.78 is 0. The van der Waals surface area contributed by atoms with Gasteiger partial charge in [-0.05, 0) is 18.6 Å². The Bertz CT molecular complexity index is 653. The second-order valence-corrected chi connectivity index (χ2v) is 5.23. The minimum absolute atomic E-state index is 0. The topological polar surface area (TPSA) is 97.9 Å². The predicted molar refractivity (Wildman–Crippen MR) is 81.0 cm³/mol. The van der Waals surface area contributed by atoms with E-state index in [0.29, 0.717) is 12.5 Å². The van der Waals surface area contributed by atoms with Crippen molar-refractivity contribution < 1.29 is 12.4 Å². The van der Waals surface area contributed by atoms with Gasteiger partial charge in [-0.2, -0.15) is 0 Å². The molecule has 21 heavy (non-hydrogen) atoms. The molecule has 4 N–H and O–H groups in total. The molecule has 0 spiro atoms. The smallest absolute Gasteiger partial charge is 0.239 e. The van der Waals surface area contributed by atoms with Crippen molar-refractivity contribution >= 4 is 23.5 Å². The third-order valence-electron chi connectivity index (χ3n) is 3.78. The van der Waals surface area contributed by atoms with Crippen molar-refractivity contribution in [3.8, 4) is 0 Å². The first-order valence-electron chi connectivity index (χ1n) is 6.55. The van der Waals surface area contributed by atoms with Crippen LogP contribution in [0.2, 0.25) is 0 Å². The molecule has 8 heteroatoms. The normalized spacial score (nSPS) is 23.0. The Labute approximate surface area is 124 Å². The summed E-state index contributed by atoms with van der Waals surface area (Å²) in [5.74, 6) is -0.0194. The molecule has 114 valence electrons. The van der Waals surface area contributed by atoms with Crippen molar-refractivity contribution in [3.05, 3.63) is 29.8 Å². The van der Waals surface area contributed by atoms with Crippen LogP contribution in [0.1, 0.15) is 22.3 Å². The van der Waals surface area contributed by atoms with E-state index in [2.05, 4.69) is 26.9 Å². The number of para-hydroxylation sites is 1. The van der Waals surface area contributed by atoms with Crippen molar-refractivity contribution in [2.45, 2.75) is 19.3 Å². The maximum absolute atomic E-state index is 12.6. The molecule has 0 saturated carbocycles. The molecule has 2 amide bonds. The highest BCUT2D eigenvalue weighted by Crippen LogP contribution is 2.40. The van der Waals surface area contributed by atoms with Gasteiger partial charge in [-0.1, -0.05) is 18.2 Å². The summed E-state index contributed by atoms with van der Waals surface area (Å²) in [6.45, 7) is 3.62. The van der Waals surface area contributed by atoms with Crippen LogP contribution in [0, 0.1) is 0 Å². The van der Waals surface area contributed by atoms with Crippen LogP contribution in [0.25, 0.3) is 0 Å². The van der Waals surface area contributed by atoms with Gasteiger partial charge < -0.3 is 4.90 Å². The largest absolute Gasteiger partial charge is 0.311 e. The fourth-order valence-corrected chi connectivity index (χ4v) is 2.64. The van der Waals surface area contributed by atoms with E-state index in [4.69, 9.17) is 0 Å². The van der Waals surface area contributed by atoms with E-state index >= 15 is 0 Å². The number of hydrazine groups is 2. The summed E-state index contributed by atoms with van der Waals surface area (Å²) in [5, 5.41) is 6.52. The van der Waals surface area contributed by atoms with Gasteiger partial charge in [-0.15, -0.1) is 10.6 Å². The number of amides is 2. The highest BCUT2D eigenvalue weighted by Gasteiger charge is 2.46. The monoisotopic (exact) mass is 292 g/mol. The van der Waals surface area contributed by atoms with Gasteiger partial charge in [0.1, 0.15) is 0 Å². The molecule has 1 aromatic rings. The highest BCUT2D eigenvalue weighted by molar-refractivity contribution is 6.06. The lowest BCUT2D eigenvalue weighted by Crippen LogP contribution is -2.51. The molecule has 1 unspecified atom stereocenters. The minimum Gasteiger partial charge on any atom is -0.311 e. The second kappa shape index (κ2) is 4.74. The van der Waals surface area contributed by atoms with Gasteiger partial charge in [0, 0.05) is 22.0 Å². The van der Waals surface area contributed by atoms with E-state index in [1.165, 1.54) is 6.92 Å². The summed E-state index contributed by atoms with van der Waals surface area (Å²) in [6, 6.07) is 7.44. The van der Waals surface area contributed by atoms with Crippen LogP contribution < -0.4 is 26.7 Å². The lowest BCUT2D eigenvalue weighted by atomic mass is 9.83. The van der Waals surface area contributed by atoms with E-state index in [9.17, 15) is 9.59 Å². The number of guanidine groups is 1. The lowest BCUT2D eigenvalue weighted by molar-refractivity contribution is -0.124. The Morgan fingerprint density at radius 1 is 1.43 bits per heavy atom. The van der Waals surface area contributed by atoms with Gasteiger partial charge in [-0.25, -0.2) is 5.53 Å². The Morgan fingerprint density at radius 3 is 2.86 bits per heavy atom. The molecular formula is C13H20N6O2. The zero-order valence-corrected chi connectivity index (χ0v) is 11.7. The van der Waals surface area contributed by atoms with Crippen molar-refractivity contribution in [3.63, 3.8) is 0 Å². The Morgan fingerprint density at radius 2 is 2.19 bits per heavy atom. The average Bonchev–Trinajstić information content (AvgIpc) is 3.06. The first kappa shape index (κ1) is 13.4. The Balaban J connectivity index is 0.00000132. The fourth-order valence-electron chi connectivity index (χ4n) is 2.64. The first-order chi connectivity index (χ1) is 10.0. The van der Waals surface area contributed by atoms with E-state index in [1.54, 1.807) is 4.90 Å². The number of hydrogen-bond donors (Lipinski definition) is 4. The van der Waals surface area contributed by atoms with Crippen molar-refractivity contribution in [1.29, 1.82) is 0 Å². The standard InChI is InChI=1S/C13H16N6O2.2H2/c1-8(20)19-7-13(2,9-5-3-4-6-10(9)19)11(21)14-12-15-17-18-16-12;;/h3-6,17-18H,7H2,1-2H3,(H2,14,15,16,21);2*1H. The maximum atomic E-state index is 12.6. The molecule has 8 nitrogen and oxygen atoms in total. The van der Waals surface area contributed by atoms with Crippen LogP contribution in [0.4, 0.5) is 5.69 Å². The zero-order chi connectivity index (χ0) is 15.0. The van der Waals surface area contributed by atoms with Crippen LogP contribution in [-0.4, -0.2) is 24.3 Å². The van der Waals surface area contributed by atoms with E-state index in [0.717, 1.165) is 11.3 Å². The van der Waals surface area contributed by atoms with E-state index in [-0.39, 0.29) is 14.7 Å². The van der Waals surface area contributed by atoms with Crippen LogP contribution in [0.3, 0.4) is 0 Å². The van der Waals surface area contributed by atoms with Crippen molar-refractivity contribution in [2.75, 3.05) is 11.4 Å². The van der Waals surface area contributed by atoms with Crippen LogP contribution in [0.15, 0.2) is 29.4 Å². The van der Waals surface area contributed by atoms with Gasteiger partial charge in [-0.3, -0.25) is 20.3 Å². The molecule has 3 rings (SSSR count). The lowest BCUT2D eigenvalue weighted by Gasteiger charge is -2.24. The molecule has 2 heterocycles. The first-order valence-corrected chi connectivity index (χ1v) is 6.55. The van der Waals surface area contributed by atoms with Crippen molar-refractivity contribution in [2.24, 2.45) is 5.10 Å². The van der Waals surface area contributed by atoms with E-state index in [1.807, 2.05) is 31.2 Å². The summed E-state index contributed by atoms with van der Waals surface area (Å²) >= 11 is 0. The molecule has 1 aromatic carbocycles. The average molecular weight is 292 g/mol. The molecule has 0 saturated heterocycles. The van der Waals surface area contributed by atoms with Crippen LogP contribution in [-0.2, 0) is 15.0 Å². The molecule has 0 fully saturated rings. The summed E-state index contributed by atoms with van der Waals surface area (Å²) in [5.41, 5.74) is 8.47. The number of anilines is 1. The number of rotatable bonds is 1. The number of nitrogens with zero attached hydrogens (tertiary/aromatic N) is 2. The zero-order valence-electron chi connectivity index (χ0n) is 11.7. The molecular weight excluding hydrogens is 272 g/mol. The molecule has 0 aliphatic carbocycles. The maximum Gasteiger partial charge on any atom is 0.239 e. The Hall–Kier alpha value is -2.61. The van der Waals surface area contributed by atoms with E-state index < -0.39 is 5.41 Å². The predicted octanol–water partition coefficient (Wildman–Crippen LogP) is -0.198. The molecule has 1 atom stereocenters. The van der Waals surface area contributed by atoms with Crippen molar-refractivity contribution in [1.82, 2.24) is 21.8 Å². The molecule has 0 aromatic heterocycles. The number of carbonyl (C=O) groups excluding carboxylic acids is 2. The van der Waals surface area contributed by atoms with Gasteiger partial charge in [0.25, 0.3) is 0 Å². The molecule has 0 radical (unpaired) electrons. The summed E-state index contributed by atoms with van der Waals surface area (Å²) in [4.78, 5) is 26.1. The number of nitrogens with one attached hydrogen (secondary N) is 4. The summed E-state index contributed by atoms with van der Waals surface area (Å²) in [7, 11) is 0. The fraction of sp³-hybridized carbons (Fsp3) is 0.308. The molecule has 0 bridgehead atoms. The molecule has 2 aliphatic rings. The third kappa shape index (κ3) is 2.09. The quantitative estimate of drug-likeness (QED) is 0.575. The number of fused-ring (bicyclic) bond motifs is 1. The van der Waals surface area contributed by atoms with Gasteiger partial charge >= 0.3 is 0 Å². The number of hydrogen-bond acceptors (Lipinski definition) is 6. The van der Waals surface area contributed by atoms with Gasteiger partial charge in [0.2, 0.25) is 17.8 Å². The highest BCUT2D eigenvalue weighted by atomic mass is 16.2. The van der Waals surface area contributed by atoms with Crippen LogP contribution >= 0.6 is 0 Å². The molecule has 2 aliphatic heterocycles. The minimum atomic E-state index is -0.824. The Kier molecular flexibility index (Phi) is 3.02. The summed E-state index contributed by atoms with van der Waals surface area (Å²) in [6.07, 6.45) is 0. The number of benzene rings is 1. The van der Waals surface area contributed by atoms with Gasteiger partial charge in [0.05, 0.1) is 5.41 Å². The van der Waals surface area contributed by atoms with Crippen LogP contribution in [0.5, 0.6) is 0 Å².